The summed E-state index contributed by atoms with van der Waals surface area (Å²) in [5, 5.41) is 15.8. The van der Waals surface area contributed by atoms with E-state index in [1.54, 1.807) is 27.7 Å². The molecule has 0 N–H and O–H groups in total. The first-order valence-electron chi connectivity index (χ1n) is 8.93. The topological polar surface area (TPSA) is 121 Å². The Morgan fingerprint density at radius 1 is 0.778 bits per heavy atom. The maximum Gasteiger partial charge on any atom is 0.510 e. The summed E-state index contributed by atoms with van der Waals surface area (Å²) in [6.07, 6.45) is -2.60. The van der Waals surface area contributed by atoms with Crippen molar-refractivity contribution in [3.8, 4) is 0 Å². The lowest BCUT2D eigenvalue weighted by atomic mass is 10.3. The molecule has 154 valence electrons. The molecule has 0 amide bonds. The molecule has 1 fully saturated rings. The van der Waals surface area contributed by atoms with Gasteiger partial charge in [-0.15, -0.1) is 10.2 Å². The minimum Gasteiger partial charge on any atom is -0.427 e. The van der Waals surface area contributed by atoms with Crippen molar-refractivity contribution in [2.45, 2.75) is 97.6 Å². The summed E-state index contributed by atoms with van der Waals surface area (Å²) in [5.41, 5.74) is -2.28. The summed E-state index contributed by atoms with van der Waals surface area (Å²) < 4.78 is 20.4. The molecule has 10 nitrogen and oxygen atoms in total. The summed E-state index contributed by atoms with van der Waals surface area (Å²) in [5.74, 6) is 0. The average molecular weight is 386 g/mol. The van der Waals surface area contributed by atoms with Crippen LogP contribution in [-0.4, -0.2) is 48.1 Å². The van der Waals surface area contributed by atoms with Crippen LogP contribution < -0.4 is 0 Å². The summed E-state index contributed by atoms with van der Waals surface area (Å²) in [7, 11) is 0. The minimum atomic E-state index is -1.14. The molecule has 0 saturated heterocycles. The summed E-state index contributed by atoms with van der Waals surface area (Å²) >= 11 is 0. The van der Waals surface area contributed by atoms with Gasteiger partial charge in [-0.05, 0) is 55.4 Å². The second-order valence-electron chi connectivity index (χ2n) is 7.76. The summed E-state index contributed by atoms with van der Waals surface area (Å²) in [6.45, 7) is 13.8. The number of hydrogen-bond donors (Lipinski definition) is 0. The lowest BCUT2D eigenvalue weighted by molar-refractivity contribution is -0.0405. The van der Waals surface area contributed by atoms with Crippen molar-refractivity contribution >= 4 is 12.3 Å². The van der Waals surface area contributed by atoms with Gasteiger partial charge < -0.3 is 18.9 Å². The molecule has 0 bridgehead atoms. The standard InChI is InChI=1S/C17H30N4O6/c1-10(2)18-20-16(5,6)26-14(22)24-12-9-13(12)25-15(23)27-17(7,8)21-19-11(3)4/h10-13H,9H2,1-8H3. The molecule has 1 saturated carbocycles. The van der Waals surface area contributed by atoms with Crippen LogP contribution in [0.15, 0.2) is 20.5 Å². The molecule has 0 radical (unpaired) electrons. The molecule has 0 aromatic rings. The Morgan fingerprint density at radius 2 is 1.11 bits per heavy atom. The Hall–Kier alpha value is -2.26. The molecule has 0 spiro atoms. The zero-order chi connectivity index (χ0) is 20.8. The van der Waals surface area contributed by atoms with Crippen LogP contribution in [-0.2, 0) is 18.9 Å². The molecule has 0 aliphatic heterocycles. The van der Waals surface area contributed by atoms with Gasteiger partial charge in [-0.1, -0.05) is 0 Å². The first kappa shape index (κ1) is 22.8. The molecule has 1 aliphatic rings. The fourth-order valence-corrected chi connectivity index (χ4v) is 1.65. The highest BCUT2D eigenvalue weighted by molar-refractivity contribution is 5.63. The predicted octanol–water partition coefficient (Wildman–Crippen LogP) is 4.63. The summed E-state index contributed by atoms with van der Waals surface area (Å²) in [4.78, 5) is 23.6. The number of ether oxygens (including phenoxy) is 4. The van der Waals surface area contributed by atoms with Gasteiger partial charge in [0.25, 0.3) is 0 Å². The minimum absolute atomic E-state index is 0.0135. The van der Waals surface area contributed by atoms with Crippen LogP contribution in [0.5, 0.6) is 0 Å². The molecular formula is C17H30N4O6. The van der Waals surface area contributed by atoms with Gasteiger partial charge in [0.15, 0.2) is 0 Å². The van der Waals surface area contributed by atoms with E-state index in [1.807, 2.05) is 27.7 Å². The normalized spacial score (nSPS) is 20.4. The van der Waals surface area contributed by atoms with Gasteiger partial charge >= 0.3 is 12.3 Å². The molecule has 2 unspecified atom stereocenters. The first-order chi connectivity index (χ1) is 12.3. The SMILES string of the molecule is CC(C)N=NC(C)(C)OC(=O)OC1CC1OC(=O)OC(C)(C)N=NC(C)C. The Bertz CT molecular complexity index is 536. The highest BCUT2D eigenvalue weighted by atomic mass is 16.8. The van der Waals surface area contributed by atoms with Crippen molar-refractivity contribution in [3.05, 3.63) is 0 Å². The van der Waals surface area contributed by atoms with E-state index in [1.165, 1.54) is 0 Å². The van der Waals surface area contributed by atoms with Crippen LogP contribution >= 0.6 is 0 Å². The molecule has 27 heavy (non-hydrogen) atoms. The predicted molar refractivity (Wildman–Crippen MR) is 95.5 cm³/mol. The van der Waals surface area contributed by atoms with Crippen LogP contribution in [0, 0.1) is 0 Å². The maximum absolute atomic E-state index is 11.8. The van der Waals surface area contributed by atoms with Gasteiger partial charge in [-0.25, -0.2) is 9.59 Å². The molecule has 0 heterocycles. The van der Waals surface area contributed by atoms with E-state index in [4.69, 9.17) is 18.9 Å². The fourth-order valence-electron chi connectivity index (χ4n) is 1.65. The Kier molecular flexibility index (Phi) is 7.67. The van der Waals surface area contributed by atoms with Crippen molar-refractivity contribution in [1.82, 2.24) is 0 Å². The molecule has 1 rings (SSSR count). The Labute approximate surface area is 159 Å². The van der Waals surface area contributed by atoms with Crippen molar-refractivity contribution in [2.24, 2.45) is 20.5 Å². The molecule has 1 aliphatic carbocycles. The number of azo groups is 2. The van der Waals surface area contributed by atoms with Crippen LogP contribution in [0.1, 0.15) is 61.8 Å². The lowest BCUT2D eigenvalue weighted by Crippen LogP contribution is -2.28. The molecular weight excluding hydrogens is 356 g/mol. The third-order valence-electron chi connectivity index (χ3n) is 2.90. The number of rotatable bonds is 8. The van der Waals surface area contributed by atoms with Gasteiger partial charge in [0.1, 0.15) is 12.2 Å². The molecule has 0 aromatic heterocycles. The number of carbonyl (C=O) groups excluding carboxylic acids is 2. The third kappa shape index (κ3) is 9.86. The van der Waals surface area contributed by atoms with Gasteiger partial charge in [0.05, 0.1) is 12.1 Å². The molecule has 10 heteroatoms. The Morgan fingerprint density at radius 3 is 1.41 bits per heavy atom. The van der Waals surface area contributed by atoms with Crippen LogP contribution in [0.25, 0.3) is 0 Å². The van der Waals surface area contributed by atoms with Crippen molar-refractivity contribution in [3.63, 3.8) is 0 Å². The van der Waals surface area contributed by atoms with Gasteiger partial charge in [-0.2, -0.15) is 10.2 Å². The zero-order valence-electron chi connectivity index (χ0n) is 17.3. The third-order valence-corrected chi connectivity index (χ3v) is 2.90. The van der Waals surface area contributed by atoms with Gasteiger partial charge in [-0.3, -0.25) is 0 Å². The van der Waals surface area contributed by atoms with Gasteiger partial charge in [0.2, 0.25) is 11.4 Å². The van der Waals surface area contributed by atoms with Crippen LogP contribution in [0.4, 0.5) is 9.59 Å². The number of nitrogens with zero attached hydrogens (tertiary/aromatic N) is 4. The van der Waals surface area contributed by atoms with E-state index in [-0.39, 0.29) is 12.1 Å². The van der Waals surface area contributed by atoms with Gasteiger partial charge in [0, 0.05) is 6.42 Å². The van der Waals surface area contributed by atoms with Crippen molar-refractivity contribution in [2.75, 3.05) is 0 Å². The Balaban J connectivity index is 2.39. The van der Waals surface area contributed by atoms with Crippen molar-refractivity contribution < 1.29 is 28.5 Å². The van der Waals surface area contributed by atoms with E-state index < -0.39 is 36.0 Å². The van der Waals surface area contributed by atoms with E-state index in [0.29, 0.717) is 6.42 Å². The number of carbonyl (C=O) groups is 2. The second-order valence-corrected chi connectivity index (χ2v) is 7.76. The van der Waals surface area contributed by atoms with E-state index in [0.717, 1.165) is 0 Å². The molecule has 0 aromatic carbocycles. The quantitative estimate of drug-likeness (QED) is 0.443. The monoisotopic (exact) mass is 386 g/mol. The van der Waals surface area contributed by atoms with Crippen LogP contribution in [0.2, 0.25) is 0 Å². The summed E-state index contributed by atoms with van der Waals surface area (Å²) in [6, 6.07) is -0.0270. The second kappa shape index (κ2) is 9.09. The highest BCUT2D eigenvalue weighted by Crippen LogP contribution is 2.31. The van der Waals surface area contributed by atoms with Crippen molar-refractivity contribution in [1.29, 1.82) is 0 Å². The zero-order valence-corrected chi connectivity index (χ0v) is 17.3. The van der Waals surface area contributed by atoms with E-state index >= 15 is 0 Å². The fraction of sp³-hybridized carbons (Fsp3) is 0.882. The highest BCUT2D eigenvalue weighted by Gasteiger charge is 2.46. The average Bonchev–Trinajstić information content (AvgIpc) is 3.19. The maximum atomic E-state index is 11.8. The first-order valence-corrected chi connectivity index (χ1v) is 8.93. The molecule has 2 atom stereocenters. The lowest BCUT2D eigenvalue weighted by Gasteiger charge is -2.19. The van der Waals surface area contributed by atoms with E-state index in [2.05, 4.69) is 20.5 Å². The number of hydrogen-bond acceptors (Lipinski definition) is 10. The van der Waals surface area contributed by atoms with Crippen LogP contribution in [0.3, 0.4) is 0 Å². The largest absolute Gasteiger partial charge is 0.510 e. The smallest absolute Gasteiger partial charge is 0.427 e. The van der Waals surface area contributed by atoms with E-state index in [9.17, 15) is 9.59 Å².